The third-order valence-corrected chi connectivity index (χ3v) is 7.16. The highest BCUT2D eigenvalue weighted by atomic mass is 32.2. The molecule has 0 bridgehead atoms. The van der Waals surface area contributed by atoms with Crippen LogP contribution in [-0.2, 0) is 14.8 Å². The fourth-order valence-corrected chi connectivity index (χ4v) is 4.93. The van der Waals surface area contributed by atoms with E-state index < -0.39 is 10.0 Å². The van der Waals surface area contributed by atoms with Crippen molar-refractivity contribution in [2.45, 2.75) is 44.4 Å². The van der Waals surface area contributed by atoms with Gasteiger partial charge in [-0.25, -0.2) is 8.42 Å². The molecule has 0 saturated carbocycles. The number of aryl methyl sites for hydroxylation is 2. The van der Waals surface area contributed by atoms with E-state index in [4.69, 9.17) is 5.73 Å². The van der Waals surface area contributed by atoms with Crippen molar-refractivity contribution in [2.24, 2.45) is 11.7 Å². The lowest BCUT2D eigenvalue weighted by molar-refractivity contribution is -0.118. The van der Waals surface area contributed by atoms with Crippen molar-refractivity contribution in [3.63, 3.8) is 0 Å². The Morgan fingerprint density at radius 2 is 1.81 bits per heavy atom. The molecule has 2 aromatic rings. The number of benzene rings is 2. The van der Waals surface area contributed by atoms with E-state index in [9.17, 15) is 18.0 Å². The topological polar surface area (TPSA) is 110 Å². The number of carbonyl (C=O) groups excluding carboxylic acids is 2. The van der Waals surface area contributed by atoms with E-state index >= 15 is 0 Å². The van der Waals surface area contributed by atoms with Crippen LogP contribution in [0.2, 0.25) is 0 Å². The number of rotatable bonds is 7. The van der Waals surface area contributed by atoms with Gasteiger partial charge in [-0.1, -0.05) is 6.07 Å². The molecule has 1 heterocycles. The summed E-state index contributed by atoms with van der Waals surface area (Å²) in [5.41, 5.74) is 8.06. The number of likely N-dealkylation sites (tertiary alicyclic amines) is 1. The summed E-state index contributed by atoms with van der Waals surface area (Å²) in [5, 5.41) is 0. The Morgan fingerprint density at radius 1 is 1.10 bits per heavy atom. The normalized spacial score (nSPS) is 16.7. The third-order valence-electron chi connectivity index (χ3n) is 5.78. The largest absolute Gasteiger partial charge is 0.370 e. The molecule has 2 aromatic carbocycles. The predicted octanol–water partition coefficient (Wildman–Crippen LogP) is 3.22. The Hall–Kier alpha value is -2.87. The Morgan fingerprint density at radius 3 is 2.45 bits per heavy atom. The van der Waals surface area contributed by atoms with E-state index in [0.717, 1.165) is 24.0 Å². The van der Waals surface area contributed by atoms with Gasteiger partial charge in [-0.05, 0) is 86.6 Å². The summed E-state index contributed by atoms with van der Waals surface area (Å²) in [6, 6.07) is 11.5. The number of hydrogen-bond acceptors (Lipinski definition) is 4. The number of carbonyl (C=O) groups is 2. The number of anilines is 1. The van der Waals surface area contributed by atoms with E-state index in [0.29, 0.717) is 37.2 Å². The molecule has 3 rings (SSSR count). The van der Waals surface area contributed by atoms with Crippen LogP contribution >= 0.6 is 0 Å². The zero-order valence-corrected chi connectivity index (χ0v) is 18.7. The maximum absolute atomic E-state index is 12.9. The van der Waals surface area contributed by atoms with Gasteiger partial charge >= 0.3 is 0 Å². The van der Waals surface area contributed by atoms with Crippen LogP contribution in [0.4, 0.5) is 5.69 Å². The van der Waals surface area contributed by atoms with Gasteiger partial charge in [-0.2, -0.15) is 0 Å². The lowest BCUT2D eigenvalue weighted by atomic mass is 9.93. The molecule has 0 aliphatic carbocycles. The highest BCUT2D eigenvalue weighted by Crippen LogP contribution is 2.24. The van der Waals surface area contributed by atoms with Gasteiger partial charge in [0, 0.05) is 30.8 Å². The average Bonchev–Trinajstić information content (AvgIpc) is 2.74. The van der Waals surface area contributed by atoms with Crippen LogP contribution < -0.4 is 10.5 Å². The third kappa shape index (κ3) is 5.85. The minimum absolute atomic E-state index is 0.0904. The summed E-state index contributed by atoms with van der Waals surface area (Å²) in [6.07, 6.45) is 2.90. The Bertz CT molecular complexity index is 1060. The fourth-order valence-electron chi connectivity index (χ4n) is 3.79. The number of hydrogen-bond donors (Lipinski definition) is 2. The minimum Gasteiger partial charge on any atom is -0.370 e. The summed E-state index contributed by atoms with van der Waals surface area (Å²) in [4.78, 5) is 25.9. The van der Waals surface area contributed by atoms with Crippen molar-refractivity contribution in [3.05, 3.63) is 59.2 Å². The molecule has 166 valence electrons. The maximum atomic E-state index is 12.9. The van der Waals surface area contributed by atoms with Crippen molar-refractivity contribution in [1.29, 1.82) is 0 Å². The molecule has 0 spiro atoms. The molecule has 1 aliphatic heterocycles. The van der Waals surface area contributed by atoms with Gasteiger partial charge in [-0.3, -0.25) is 14.3 Å². The molecular formula is C23H29N3O4S. The van der Waals surface area contributed by atoms with Gasteiger partial charge in [0.15, 0.2) is 0 Å². The van der Waals surface area contributed by atoms with Crippen LogP contribution in [0, 0.1) is 19.8 Å². The molecule has 1 fully saturated rings. The van der Waals surface area contributed by atoms with E-state index in [1.54, 1.807) is 47.4 Å². The Labute approximate surface area is 183 Å². The van der Waals surface area contributed by atoms with Gasteiger partial charge in [0.25, 0.3) is 15.9 Å². The van der Waals surface area contributed by atoms with E-state index in [2.05, 4.69) is 4.72 Å². The summed E-state index contributed by atoms with van der Waals surface area (Å²) in [6.45, 7) is 5.07. The lowest BCUT2D eigenvalue weighted by Crippen LogP contribution is -2.40. The monoisotopic (exact) mass is 443 g/mol. The molecule has 3 N–H and O–H groups in total. The maximum Gasteiger partial charge on any atom is 0.261 e. The van der Waals surface area contributed by atoms with Crippen LogP contribution in [0.3, 0.4) is 0 Å². The minimum atomic E-state index is -3.71. The van der Waals surface area contributed by atoms with Crippen LogP contribution in [0.25, 0.3) is 0 Å². The first kappa shape index (κ1) is 22.8. The van der Waals surface area contributed by atoms with Crippen LogP contribution in [0.5, 0.6) is 0 Å². The first-order chi connectivity index (χ1) is 14.7. The highest BCUT2D eigenvalue weighted by Gasteiger charge is 2.25. The molecular weight excluding hydrogens is 414 g/mol. The van der Waals surface area contributed by atoms with Gasteiger partial charge < -0.3 is 10.6 Å². The number of nitrogens with one attached hydrogen (secondary N) is 1. The zero-order valence-electron chi connectivity index (χ0n) is 17.9. The molecule has 1 atom stereocenters. The first-order valence-corrected chi connectivity index (χ1v) is 11.9. The standard InChI is InChI=1S/C23H29N3O4S/c1-16-5-11-21(14-17(16)2)31(29,30)25-20-9-7-19(8-10-20)23(28)26-13-3-4-18(15-26)6-12-22(24)27/h5,7-11,14,18,25H,3-4,6,12-13,15H2,1-2H3,(H2,24,27). The summed E-state index contributed by atoms with van der Waals surface area (Å²) >= 11 is 0. The van der Waals surface area contributed by atoms with Crippen molar-refractivity contribution in [2.75, 3.05) is 17.8 Å². The number of nitrogens with two attached hydrogens (primary N) is 1. The van der Waals surface area contributed by atoms with Gasteiger partial charge in [0.1, 0.15) is 0 Å². The summed E-state index contributed by atoms with van der Waals surface area (Å²) < 4.78 is 27.9. The molecule has 31 heavy (non-hydrogen) atoms. The molecule has 1 aliphatic rings. The molecule has 0 aromatic heterocycles. The van der Waals surface area contributed by atoms with Crippen molar-refractivity contribution in [3.8, 4) is 0 Å². The lowest BCUT2D eigenvalue weighted by Gasteiger charge is -2.32. The fraction of sp³-hybridized carbons (Fsp3) is 0.391. The smallest absolute Gasteiger partial charge is 0.261 e. The molecule has 8 heteroatoms. The number of piperidine rings is 1. The second-order valence-corrected chi connectivity index (χ2v) is 9.88. The molecule has 2 amide bonds. The van der Waals surface area contributed by atoms with E-state index in [1.807, 2.05) is 13.8 Å². The molecule has 7 nitrogen and oxygen atoms in total. The Kier molecular flexibility index (Phi) is 7.00. The highest BCUT2D eigenvalue weighted by molar-refractivity contribution is 7.92. The van der Waals surface area contributed by atoms with Crippen LogP contribution in [0.15, 0.2) is 47.4 Å². The number of amides is 2. The molecule has 0 radical (unpaired) electrons. The second-order valence-electron chi connectivity index (χ2n) is 8.19. The summed E-state index contributed by atoms with van der Waals surface area (Å²) in [7, 11) is -3.71. The number of sulfonamides is 1. The first-order valence-electron chi connectivity index (χ1n) is 10.4. The SMILES string of the molecule is Cc1ccc(S(=O)(=O)Nc2ccc(C(=O)N3CCCC(CCC(N)=O)C3)cc2)cc1C. The molecule has 1 saturated heterocycles. The van der Waals surface area contributed by atoms with Gasteiger partial charge in [0.2, 0.25) is 5.91 Å². The quantitative estimate of drug-likeness (QED) is 0.685. The molecule has 1 unspecified atom stereocenters. The number of nitrogens with zero attached hydrogens (tertiary/aromatic N) is 1. The van der Waals surface area contributed by atoms with Crippen molar-refractivity contribution >= 4 is 27.5 Å². The second kappa shape index (κ2) is 9.51. The van der Waals surface area contributed by atoms with Gasteiger partial charge in [0.05, 0.1) is 4.90 Å². The van der Waals surface area contributed by atoms with E-state index in [-0.39, 0.29) is 22.6 Å². The Balaban J connectivity index is 1.66. The van der Waals surface area contributed by atoms with Crippen LogP contribution in [-0.4, -0.2) is 38.2 Å². The van der Waals surface area contributed by atoms with Crippen molar-refractivity contribution in [1.82, 2.24) is 4.90 Å². The predicted molar refractivity (Wildman–Crippen MR) is 120 cm³/mol. The van der Waals surface area contributed by atoms with Crippen LogP contribution in [0.1, 0.15) is 47.2 Å². The van der Waals surface area contributed by atoms with Gasteiger partial charge in [-0.15, -0.1) is 0 Å². The van der Waals surface area contributed by atoms with E-state index in [1.165, 1.54) is 0 Å². The zero-order chi connectivity index (χ0) is 22.6. The summed E-state index contributed by atoms with van der Waals surface area (Å²) in [5.74, 6) is -0.135. The average molecular weight is 444 g/mol. The van der Waals surface area contributed by atoms with Crippen molar-refractivity contribution < 1.29 is 18.0 Å². The number of primary amides is 1.